The van der Waals surface area contributed by atoms with Gasteiger partial charge in [-0.25, -0.2) is 4.39 Å². The Morgan fingerprint density at radius 1 is 1.47 bits per heavy atom. The number of hydrogen-bond acceptors (Lipinski definition) is 2. The van der Waals surface area contributed by atoms with Crippen LogP contribution < -0.4 is 0 Å². The lowest BCUT2D eigenvalue weighted by Crippen LogP contribution is -1.97. The molecule has 0 amide bonds. The molecule has 0 atom stereocenters. The zero-order chi connectivity index (χ0) is 10.8. The summed E-state index contributed by atoms with van der Waals surface area (Å²) in [4.78, 5) is 10.4. The van der Waals surface area contributed by atoms with Gasteiger partial charge in [0.05, 0.1) is 11.6 Å². The van der Waals surface area contributed by atoms with Crippen LogP contribution in [0.2, 0.25) is 0 Å². The molecule has 1 aromatic carbocycles. The van der Waals surface area contributed by atoms with Crippen molar-refractivity contribution in [2.45, 2.75) is 12.8 Å². The third kappa shape index (κ3) is 1.83. The van der Waals surface area contributed by atoms with E-state index in [9.17, 15) is 9.18 Å². The molecule has 0 unspecified atom stereocenters. The number of aliphatic carboxylic acids is 1. The molecule has 78 valence electrons. The molecule has 0 aliphatic rings. The van der Waals surface area contributed by atoms with E-state index in [0.29, 0.717) is 16.5 Å². The van der Waals surface area contributed by atoms with E-state index >= 15 is 0 Å². The summed E-state index contributed by atoms with van der Waals surface area (Å²) in [7, 11) is 0. The van der Waals surface area contributed by atoms with Gasteiger partial charge in [-0.3, -0.25) is 4.79 Å². The first-order valence-electron chi connectivity index (χ1n) is 4.55. The number of fused-ring (bicyclic) bond motifs is 1. The fraction of sp³-hybridized carbons (Fsp3) is 0.182. The molecule has 0 radical (unpaired) electrons. The zero-order valence-electron chi connectivity index (χ0n) is 7.87. The topological polar surface area (TPSA) is 50.4 Å². The third-order valence-corrected chi connectivity index (χ3v) is 2.23. The lowest BCUT2D eigenvalue weighted by Gasteiger charge is -1.95. The van der Waals surface area contributed by atoms with Gasteiger partial charge in [-0.05, 0) is 18.6 Å². The monoisotopic (exact) mass is 208 g/mol. The van der Waals surface area contributed by atoms with Crippen molar-refractivity contribution < 1.29 is 18.7 Å². The molecule has 1 heterocycles. The number of aryl methyl sites for hydroxylation is 1. The van der Waals surface area contributed by atoms with Crippen LogP contribution in [0.1, 0.15) is 12.0 Å². The molecule has 3 nitrogen and oxygen atoms in total. The largest absolute Gasteiger partial charge is 0.481 e. The first kappa shape index (κ1) is 9.71. The van der Waals surface area contributed by atoms with Gasteiger partial charge in [0, 0.05) is 12.0 Å². The number of hydrogen-bond donors (Lipinski definition) is 1. The first-order chi connectivity index (χ1) is 7.18. The molecule has 0 aliphatic carbocycles. The van der Waals surface area contributed by atoms with E-state index in [2.05, 4.69) is 0 Å². The summed E-state index contributed by atoms with van der Waals surface area (Å²) in [6.07, 6.45) is 1.67. The van der Waals surface area contributed by atoms with Gasteiger partial charge >= 0.3 is 5.97 Å². The maximum Gasteiger partial charge on any atom is 0.303 e. The lowest BCUT2D eigenvalue weighted by molar-refractivity contribution is -0.136. The number of carbonyl (C=O) groups is 1. The van der Waals surface area contributed by atoms with Gasteiger partial charge in [0.1, 0.15) is 11.4 Å². The van der Waals surface area contributed by atoms with Crippen LogP contribution in [0.5, 0.6) is 0 Å². The Hall–Kier alpha value is -1.84. The average Bonchev–Trinajstić information content (AvgIpc) is 2.59. The molecular formula is C11H9FO3. The van der Waals surface area contributed by atoms with E-state index in [-0.39, 0.29) is 18.7 Å². The third-order valence-electron chi connectivity index (χ3n) is 2.23. The first-order valence-corrected chi connectivity index (χ1v) is 4.55. The van der Waals surface area contributed by atoms with Crippen molar-refractivity contribution in [2.24, 2.45) is 0 Å². The Morgan fingerprint density at radius 2 is 2.27 bits per heavy atom. The van der Waals surface area contributed by atoms with Crippen LogP contribution in [-0.4, -0.2) is 11.1 Å². The Bertz CT molecular complexity index is 502. The molecule has 1 aromatic heterocycles. The number of rotatable bonds is 3. The number of halogens is 1. The molecule has 1 N–H and O–H groups in total. The summed E-state index contributed by atoms with van der Waals surface area (Å²) in [5.41, 5.74) is 1.06. The van der Waals surface area contributed by atoms with Crippen molar-refractivity contribution in [2.75, 3.05) is 0 Å². The van der Waals surface area contributed by atoms with Crippen LogP contribution in [0.25, 0.3) is 11.0 Å². The van der Waals surface area contributed by atoms with Crippen molar-refractivity contribution >= 4 is 16.9 Å². The van der Waals surface area contributed by atoms with E-state index in [1.54, 1.807) is 12.1 Å². The maximum absolute atomic E-state index is 13.4. The maximum atomic E-state index is 13.4. The fourth-order valence-corrected chi connectivity index (χ4v) is 1.53. The number of benzene rings is 1. The minimum absolute atomic E-state index is 0.0248. The Kier molecular flexibility index (Phi) is 2.41. The highest BCUT2D eigenvalue weighted by Gasteiger charge is 2.11. The van der Waals surface area contributed by atoms with Crippen LogP contribution in [-0.2, 0) is 11.2 Å². The normalized spacial score (nSPS) is 10.7. The van der Waals surface area contributed by atoms with Gasteiger partial charge < -0.3 is 9.52 Å². The highest BCUT2D eigenvalue weighted by Crippen LogP contribution is 2.24. The number of carboxylic acids is 1. The molecule has 4 heteroatoms. The van der Waals surface area contributed by atoms with Crippen molar-refractivity contribution in [3.05, 3.63) is 35.8 Å². The predicted octanol–water partition coefficient (Wildman–Crippen LogP) is 2.59. The summed E-state index contributed by atoms with van der Waals surface area (Å²) in [5, 5.41) is 8.92. The molecule has 0 fully saturated rings. The molecular weight excluding hydrogens is 199 g/mol. The van der Waals surface area contributed by atoms with Gasteiger partial charge in [0.15, 0.2) is 0 Å². The molecule has 0 aliphatic heterocycles. The van der Waals surface area contributed by atoms with Gasteiger partial charge in [-0.2, -0.15) is 0 Å². The number of carboxylic acid groups (broad SMARTS) is 1. The van der Waals surface area contributed by atoms with Gasteiger partial charge in [-0.1, -0.05) is 6.07 Å². The van der Waals surface area contributed by atoms with E-state index in [0.717, 1.165) is 0 Å². The molecule has 0 saturated heterocycles. The average molecular weight is 208 g/mol. The molecule has 0 saturated carbocycles. The van der Waals surface area contributed by atoms with Crippen LogP contribution in [0.3, 0.4) is 0 Å². The van der Waals surface area contributed by atoms with Crippen molar-refractivity contribution in [3.8, 4) is 0 Å². The Morgan fingerprint density at radius 3 is 3.00 bits per heavy atom. The molecule has 15 heavy (non-hydrogen) atoms. The van der Waals surface area contributed by atoms with Crippen LogP contribution in [0.4, 0.5) is 4.39 Å². The highest BCUT2D eigenvalue weighted by molar-refractivity contribution is 5.82. The minimum Gasteiger partial charge on any atom is -0.481 e. The zero-order valence-corrected chi connectivity index (χ0v) is 7.87. The lowest BCUT2D eigenvalue weighted by atomic mass is 10.1. The molecule has 2 aromatic rings. The second-order valence-electron chi connectivity index (χ2n) is 3.27. The molecule has 2 rings (SSSR count). The van der Waals surface area contributed by atoms with E-state index in [4.69, 9.17) is 9.52 Å². The highest BCUT2D eigenvalue weighted by atomic mass is 19.1. The molecule has 0 bridgehead atoms. The predicted molar refractivity (Wildman–Crippen MR) is 52.1 cm³/mol. The van der Waals surface area contributed by atoms with E-state index in [1.807, 2.05) is 0 Å². The molecule has 0 spiro atoms. The summed E-state index contributed by atoms with van der Waals surface area (Å²) >= 11 is 0. The smallest absolute Gasteiger partial charge is 0.303 e. The SMILES string of the molecule is O=C(O)CCc1coc2cccc(F)c12. The van der Waals surface area contributed by atoms with Crippen molar-refractivity contribution in [1.82, 2.24) is 0 Å². The van der Waals surface area contributed by atoms with Gasteiger partial charge in [0.2, 0.25) is 0 Å². The number of furan rings is 1. The quantitative estimate of drug-likeness (QED) is 0.843. The summed E-state index contributed by atoms with van der Waals surface area (Å²) < 4.78 is 18.5. The fourth-order valence-electron chi connectivity index (χ4n) is 1.53. The van der Waals surface area contributed by atoms with Gasteiger partial charge in [0.25, 0.3) is 0 Å². The standard InChI is InChI=1S/C11H9FO3/c12-8-2-1-3-9-11(8)7(6-15-9)4-5-10(13)14/h1-3,6H,4-5H2,(H,13,14). The van der Waals surface area contributed by atoms with Gasteiger partial charge in [-0.15, -0.1) is 0 Å². The van der Waals surface area contributed by atoms with Crippen LogP contribution >= 0.6 is 0 Å². The minimum atomic E-state index is -0.902. The van der Waals surface area contributed by atoms with Crippen molar-refractivity contribution in [3.63, 3.8) is 0 Å². The van der Waals surface area contributed by atoms with Crippen molar-refractivity contribution in [1.29, 1.82) is 0 Å². The second-order valence-corrected chi connectivity index (χ2v) is 3.27. The summed E-state index contributed by atoms with van der Waals surface area (Å²) in [6, 6.07) is 4.55. The van der Waals surface area contributed by atoms with Crippen LogP contribution in [0.15, 0.2) is 28.9 Å². The van der Waals surface area contributed by atoms with E-state index < -0.39 is 5.97 Å². The van der Waals surface area contributed by atoms with E-state index in [1.165, 1.54) is 12.3 Å². The Labute approximate surface area is 85.1 Å². The van der Waals surface area contributed by atoms with Crippen LogP contribution in [0, 0.1) is 5.82 Å². The summed E-state index contributed by atoms with van der Waals surface area (Å²) in [6.45, 7) is 0. The Balaban J connectivity index is 2.39. The summed E-state index contributed by atoms with van der Waals surface area (Å²) in [5.74, 6) is -1.28. The second kappa shape index (κ2) is 3.73.